The fourth-order valence-corrected chi connectivity index (χ4v) is 1.69. The second kappa shape index (κ2) is 6.79. The largest absolute Gasteiger partial charge is 0.481 e. The van der Waals surface area contributed by atoms with Crippen LogP contribution in [-0.2, 0) is 22.4 Å². The van der Waals surface area contributed by atoms with Crippen LogP contribution in [0.4, 0.5) is 0 Å². The SMILES string of the molecule is CCOC(=O)c1cc(CC)cc(CCC(=O)O)c1. The lowest BCUT2D eigenvalue weighted by Crippen LogP contribution is -2.07. The number of ether oxygens (including phenoxy) is 1. The number of aliphatic carboxylic acids is 1. The number of hydrogen-bond acceptors (Lipinski definition) is 3. The van der Waals surface area contributed by atoms with E-state index in [-0.39, 0.29) is 12.4 Å². The fourth-order valence-electron chi connectivity index (χ4n) is 1.69. The summed E-state index contributed by atoms with van der Waals surface area (Å²) in [4.78, 5) is 22.2. The van der Waals surface area contributed by atoms with Crippen molar-refractivity contribution in [3.05, 3.63) is 34.9 Å². The summed E-state index contributed by atoms with van der Waals surface area (Å²) in [5, 5.41) is 8.67. The first-order chi connectivity index (χ1) is 8.56. The molecule has 0 unspecified atom stereocenters. The molecule has 0 aliphatic rings. The Morgan fingerprint density at radius 3 is 2.39 bits per heavy atom. The molecule has 0 aliphatic heterocycles. The summed E-state index contributed by atoms with van der Waals surface area (Å²) in [6, 6.07) is 5.44. The van der Waals surface area contributed by atoms with Gasteiger partial charge in [0.1, 0.15) is 0 Å². The summed E-state index contributed by atoms with van der Waals surface area (Å²) in [6.07, 6.45) is 1.29. The molecule has 0 bridgehead atoms. The molecule has 0 fully saturated rings. The molecule has 1 aromatic carbocycles. The monoisotopic (exact) mass is 250 g/mol. The zero-order chi connectivity index (χ0) is 13.5. The molecule has 0 heterocycles. The number of carboxylic acids is 1. The number of esters is 1. The van der Waals surface area contributed by atoms with E-state index in [0.29, 0.717) is 18.6 Å². The second-order valence-corrected chi connectivity index (χ2v) is 4.01. The maximum atomic E-state index is 11.7. The molecule has 4 heteroatoms. The molecule has 1 aromatic rings. The zero-order valence-corrected chi connectivity index (χ0v) is 10.7. The Morgan fingerprint density at radius 2 is 1.83 bits per heavy atom. The van der Waals surface area contributed by atoms with Crippen LogP contribution >= 0.6 is 0 Å². The van der Waals surface area contributed by atoms with Crippen molar-refractivity contribution >= 4 is 11.9 Å². The van der Waals surface area contributed by atoms with E-state index in [0.717, 1.165) is 17.5 Å². The van der Waals surface area contributed by atoms with Gasteiger partial charge in [-0.25, -0.2) is 4.79 Å². The summed E-state index contributed by atoms with van der Waals surface area (Å²) in [5.41, 5.74) is 2.37. The Morgan fingerprint density at radius 1 is 1.17 bits per heavy atom. The van der Waals surface area contributed by atoms with Crippen LogP contribution < -0.4 is 0 Å². The summed E-state index contributed by atoms with van der Waals surface area (Å²) < 4.78 is 4.95. The van der Waals surface area contributed by atoms with Crippen molar-refractivity contribution in [3.63, 3.8) is 0 Å². The van der Waals surface area contributed by atoms with Gasteiger partial charge in [0.25, 0.3) is 0 Å². The van der Waals surface area contributed by atoms with Gasteiger partial charge in [0.05, 0.1) is 12.2 Å². The van der Waals surface area contributed by atoms with Gasteiger partial charge in [-0.15, -0.1) is 0 Å². The number of carbonyl (C=O) groups excluding carboxylic acids is 1. The van der Waals surface area contributed by atoms with E-state index in [1.807, 2.05) is 13.0 Å². The van der Waals surface area contributed by atoms with E-state index in [2.05, 4.69) is 0 Å². The molecule has 18 heavy (non-hydrogen) atoms. The van der Waals surface area contributed by atoms with Gasteiger partial charge in [-0.3, -0.25) is 4.79 Å². The van der Waals surface area contributed by atoms with Crippen LogP contribution in [0.25, 0.3) is 0 Å². The fraction of sp³-hybridized carbons (Fsp3) is 0.429. The van der Waals surface area contributed by atoms with Crippen molar-refractivity contribution in [2.24, 2.45) is 0 Å². The molecule has 0 radical (unpaired) electrons. The highest BCUT2D eigenvalue weighted by Crippen LogP contribution is 2.14. The van der Waals surface area contributed by atoms with Gasteiger partial charge < -0.3 is 9.84 Å². The number of carboxylic acid groups (broad SMARTS) is 1. The minimum Gasteiger partial charge on any atom is -0.481 e. The lowest BCUT2D eigenvalue weighted by Gasteiger charge is -2.07. The molecule has 4 nitrogen and oxygen atoms in total. The van der Waals surface area contributed by atoms with Gasteiger partial charge in [0.15, 0.2) is 0 Å². The third-order valence-corrected chi connectivity index (χ3v) is 2.60. The average Bonchev–Trinajstić information content (AvgIpc) is 2.36. The lowest BCUT2D eigenvalue weighted by molar-refractivity contribution is -0.136. The highest BCUT2D eigenvalue weighted by atomic mass is 16.5. The van der Waals surface area contributed by atoms with E-state index in [9.17, 15) is 9.59 Å². The van der Waals surface area contributed by atoms with Gasteiger partial charge in [-0.05, 0) is 43.0 Å². The van der Waals surface area contributed by atoms with Crippen LogP contribution in [0.3, 0.4) is 0 Å². The van der Waals surface area contributed by atoms with E-state index in [1.54, 1.807) is 19.1 Å². The topological polar surface area (TPSA) is 63.6 Å². The predicted molar refractivity (Wildman–Crippen MR) is 67.7 cm³/mol. The predicted octanol–water partition coefficient (Wildman–Crippen LogP) is 2.44. The molecular weight excluding hydrogens is 232 g/mol. The average molecular weight is 250 g/mol. The highest BCUT2D eigenvalue weighted by Gasteiger charge is 2.10. The van der Waals surface area contributed by atoms with Crippen LogP contribution in [0.1, 0.15) is 41.8 Å². The molecule has 1 N–H and O–H groups in total. The normalized spacial score (nSPS) is 10.1. The summed E-state index contributed by atoms with van der Waals surface area (Å²) in [6.45, 7) is 4.08. The number of benzene rings is 1. The maximum Gasteiger partial charge on any atom is 0.338 e. The molecule has 0 atom stereocenters. The number of rotatable bonds is 6. The molecular formula is C14H18O4. The van der Waals surface area contributed by atoms with Crippen LogP contribution in [0.2, 0.25) is 0 Å². The van der Waals surface area contributed by atoms with Gasteiger partial charge >= 0.3 is 11.9 Å². The minimum absolute atomic E-state index is 0.0649. The summed E-state index contributed by atoms with van der Waals surface area (Å²) in [5.74, 6) is -1.20. The summed E-state index contributed by atoms with van der Waals surface area (Å²) in [7, 11) is 0. The van der Waals surface area contributed by atoms with Crippen molar-refractivity contribution < 1.29 is 19.4 Å². The standard InChI is InChI=1S/C14H18O4/c1-3-10-7-11(5-6-13(15)16)9-12(8-10)14(17)18-4-2/h7-9H,3-6H2,1-2H3,(H,15,16). The Bertz CT molecular complexity index is 437. The molecule has 0 spiro atoms. The van der Waals surface area contributed by atoms with Crippen LogP contribution in [0, 0.1) is 0 Å². The smallest absolute Gasteiger partial charge is 0.338 e. The zero-order valence-electron chi connectivity index (χ0n) is 10.7. The first-order valence-electron chi connectivity index (χ1n) is 6.08. The third-order valence-electron chi connectivity index (χ3n) is 2.60. The van der Waals surface area contributed by atoms with E-state index in [4.69, 9.17) is 9.84 Å². The highest BCUT2D eigenvalue weighted by molar-refractivity contribution is 5.89. The number of carbonyl (C=O) groups is 2. The molecule has 1 rings (SSSR count). The summed E-state index contributed by atoms with van der Waals surface area (Å²) >= 11 is 0. The van der Waals surface area contributed by atoms with E-state index < -0.39 is 5.97 Å². The lowest BCUT2D eigenvalue weighted by atomic mass is 10.0. The van der Waals surface area contributed by atoms with Crippen LogP contribution in [-0.4, -0.2) is 23.7 Å². The van der Waals surface area contributed by atoms with Crippen molar-refractivity contribution in [3.8, 4) is 0 Å². The molecule has 0 saturated carbocycles. The van der Waals surface area contributed by atoms with Crippen molar-refractivity contribution in [2.75, 3.05) is 6.61 Å². The van der Waals surface area contributed by atoms with Crippen molar-refractivity contribution in [1.29, 1.82) is 0 Å². The maximum absolute atomic E-state index is 11.7. The Kier molecular flexibility index (Phi) is 5.36. The molecule has 0 amide bonds. The number of aryl methyl sites for hydroxylation is 2. The molecule has 98 valence electrons. The van der Waals surface area contributed by atoms with Crippen molar-refractivity contribution in [1.82, 2.24) is 0 Å². The Balaban J connectivity index is 2.93. The van der Waals surface area contributed by atoms with E-state index >= 15 is 0 Å². The van der Waals surface area contributed by atoms with Gasteiger partial charge in [0, 0.05) is 6.42 Å². The van der Waals surface area contributed by atoms with Crippen molar-refractivity contribution in [2.45, 2.75) is 33.1 Å². The second-order valence-electron chi connectivity index (χ2n) is 4.01. The first kappa shape index (κ1) is 14.2. The quantitative estimate of drug-likeness (QED) is 0.788. The number of hydrogen-bond donors (Lipinski definition) is 1. The molecule has 0 saturated heterocycles. The van der Waals surface area contributed by atoms with Gasteiger partial charge in [-0.2, -0.15) is 0 Å². The van der Waals surface area contributed by atoms with E-state index in [1.165, 1.54) is 0 Å². The molecule has 0 aromatic heterocycles. The van der Waals surface area contributed by atoms with Gasteiger partial charge in [-0.1, -0.05) is 13.0 Å². The first-order valence-corrected chi connectivity index (χ1v) is 6.08. The van der Waals surface area contributed by atoms with Crippen LogP contribution in [0.15, 0.2) is 18.2 Å². The van der Waals surface area contributed by atoms with Gasteiger partial charge in [0.2, 0.25) is 0 Å². The Hall–Kier alpha value is -1.84. The Labute approximate surface area is 107 Å². The molecule has 0 aliphatic carbocycles. The third kappa shape index (κ3) is 4.20. The minimum atomic E-state index is -0.838. The van der Waals surface area contributed by atoms with Crippen LogP contribution in [0.5, 0.6) is 0 Å².